The minimum Gasteiger partial charge on any atom is -0.469 e. The number of nitrogens with zero attached hydrogens (tertiary/aromatic N) is 1. The normalized spacial score (nSPS) is 11.1. The zero-order valence-corrected chi connectivity index (χ0v) is 15.7. The van der Waals surface area contributed by atoms with Crippen LogP contribution in [0.2, 0.25) is 0 Å². The maximum atomic E-state index is 11.8. The lowest BCUT2D eigenvalue weighted by Gasteiger charge is -2.01. The Hall–Kier alpha value is -1.49. The van der Waals surface area contributed by atoms with Crippen molar-refractivity contribution in [1.29, 1.82) is 0 Å². The summed E-state index contributed by atoms with van der Waals surface area (Å²) in [7, 11) is 1.42. The second kappa shape index (κ2) is 12.9. The smallest absolute Gasteiger partial charge is 0.305 e. The summed E-state index contributed by atoms with van der Waals surface area (Å²) in [5, 5.41) is 0. The molecule has 0 atom stereocenters. The Labute approximate surface area is 149 Å². The summed E-state index contributed by atoms with van der Waals surface area (Å²) in [5.41, 5.74) is 2.92. The molecule has 24 heavy (non-hydrogen) atoms. The molecule has 0 N–H and O–H groups in total. The van der Waals surface area contributed by atoms with Crippen LogP contribution in [-0.4, -0.2) is 23.8 Å². The Morgan fingerprint density at radius 3 is 2.62 bits per heavy atom. The van der Waals surface area contributed by atoms with Crippen molar-refractivity contribution < 1.29 is 14.3 Å². The third-order valence-corrected chi connectivity index (χ3v) is 4.73. The molecule has 4 nitrogen and oxygen atoms in total. The minimum atomic E-state index is -0.134. The van der Waals surface area contributed by atoms with Gasteiger partial charge in [0.25, 0.3) is 0 Å². The Balaban J connectivity index is 2.27. The van der Waals surface area contributed by atoms with Crippen LogP contribution in [0.4, 0.5) is 0 Å². The lowest BCUT2D eigenvalue weighted by molar-refractivity contribution is -0.140. The number of allylic oxidation sites excluding steroid dienone is 1. The molecule has 0 radical (unpaired) electrons. The number of thiazole rings is 1. The monoisotopic (exact) mass is 351 g/mol. The Kier molecular flexibility index (Phi) is 11.0. The largest absolute Gasteiger partial charge is 0.469 e. The molecular formula is C19H29NO3S. The van der Waals surface area contributed by atoms with Crippen molar-refractivity contribution in [3.05, 3.63) is 22.2 Å². The molecule has 1 aromatic rings. The predicted molar refractivity (Wildman–Crippen MR) is 99.1 cm³/mol. The molecule has 0 fully saturated rings. The van der Waals surface area contributed by atoms with E-state index in [-0.39, 0.29) is 11.8 Å². The summed E-state index contributed by atoms with van der Waals surface area (Å²) in [6.45, 7) is 2.14. The zero-order chi connectivity index (χ0) is 17.6. The number of ketones is 1. The van der Waals surface area contributed by atoms with Gasteiger partial charge >= 0.3 is 5.97 Å². The van der Waals surface area contributed by atoms with Crippen LogP contribution in [-0.2, 0) is 20.7 Å². The van der Waals surface area contributed by atoms with Gasteiger partial charge in [-0.3, -0.25) is 9.59 Å². The van der Waals surface area contributed by atoms with Gasteiger partial charge in [-0.1, -0.05) is 32.6 Å². The van der Waals surface area contributed by atoms with E-state index in [0.29, 0.717) is 12.8 Å². The van der Waals surface area contributed by atoms with E-state index in [9.17, 15) is 9.59 Å². The summed E-state index contributed by atoms with van der Waals surface area (Å²) >= 11 is 1.58. The molecule has 1 heterocycles. The van der Waals surface area contributed by atoms with Crippen LogP contribution in [0, 0.1) is 0 Å². The van der Waals surface area contributed by atoms with Crippen LogP contribution in [0.15, 0.2) is 11.6 Å². The van der Waals surface area contributed by atoms with Gasteiger partial charge < -0.3 is 4.74 Å². The highest BCUT2D eigenvalue weighted by atomic mass is 32.1. The van der Waals surface area contributed by atoms with Gasteiger partial charge in [-0.25, -0.2) is 4.98 Å². The molecule has 0 bridgehead atoms. The van der Waals surface area contributed by atoms with Gasteiger partial charge in [0.1, 0.15) is 0 Å². The average molecular weight is 352 g/mol. The molecular weight excluding hydrogens is 322 g/mol. The van der Waals surface area contributed by atoms with Gasteiger partial charge in [0.2, 0.25) is 0 Å². The maximum Gasteiger partial charge on any atom is 0.305 e. The lowest BCUT2D eigenvalue weighted by Crippen LogP contribution is -1.99. The quantitative estimate of drug-likeness (QED) is 0.286. The van der Waals surface area contributed by atoms with Crippen molar-refractivity contribution in [2.24, 2.45) is 0 Å². The number of esters is 1. The number of hydrogen-bond donors (Lipinski definition) is 0. The molecule has 0 aliphatic heterocycles. The van der Waals surface area contributed by atoms with Crippen molar-refractivity contribution in [3.8, 4) is 0 Å². The van der Waals surface area contributed by atoms with E-state index in [1.807, 2.05) is 11.6 Å². The van der Waals surface area contributed by atoms with Crippen LogP contribution >= 0.6 is 11.3 Å². The molecule has 0 saturated carbocycles. The molecule has 0 saturated heterocycles. The third-order valence-electron chi connectivity index (χ3n) is 3.89. The van der Waals surface area contributed by atoms with E-state index in [4.69, 9.17) is 0 Å². The summed E-state index contributed by atoms with van der Waals surface area (Å²) in [5.74, 6) is 0.0659. The molecule has 0 aliphatic rings. The Bertz CT molecular complexity index is 522. The highest BCUT2D eigenvalue weighted by Gasteiger charge is 2.05. The summed E-state index contributed by atoms with van der Waals surface area (Å²) in [4.78, 5) is 28.3. The topological polar surface area (TPSA) is 56.3 Å². The first-order valence-corrected chi connectivity index (χ1v) is 9.75. The molecule has 0 unspecified atom stereocenters. The highest BCUT2D eigenvalue weighted by Crippen LogP contribution is 2.18. The van der Waals surface area contributed by atoms with Gasteiger partial charge in [-0.05, 0) is 37.8 Å². The number of carbonyl (C=O) groups excluding carboxylic acids is 2. The van der Waals surface area contributed by atoms with Gasteiger partial charge in [0.05, 0.1) is 23.2 Å². The van der Waals surface area contributed by atoms with Gasteiger partial charge in [-0.15, -0.1) is 11.3 Å². The highest BCUT2D eigenvalue weighted by molar-refractivity contribution is 7.10. The minimum absolute atomic E-state index is 0.134. The number of rotatable bonds is 13. The number of unbranched alkanes of at least 4 members (excludes halogenated alkanes) is 5. The second-order valence-electron chi connectivity index (χ2n) is 5.91. The van der Waals surface area contributed by atoms with E-state index in [0.717, 1.165) is 61.9 Å². The van der Waals surface area contributed by atoms with Crippen LogP contribution in [0.25, 0.3) is 6.08 Å². The van der Waals surface area contributed by atoms with E-state index < -0.39 is 0 Å². The number of aryl methyl sites for hydroxylation is 1. The fraction of sp³-hybridized carbons (Fsp3) is 0.632. The van der Waals surface area contributed by atoms with E-state index in [2.05, 4.69) is 16.6 Å². The first kappa shape index (κ1) is 20.6. The Morgan fingerprint density at radius 1 is 1.12 bits per heavy atom. The Morgan fingerprint density at radius 2 is 1.88 bits per heavy atom. The molecule has 134 valence electrons. The van der Waals surface area contributed by atoms with Gasteiger partial charge in [0.15, 0.2) is 5.78 Å². The van der Waals surface area contributed by atoms with Crippen molar-refractivity contribution >= 4 is 29.2 Å². The van der Waals surface area contributed by atoms with Crippen molar-refractivity contribution in [2.75, 3.05) is 7.11 Å². The van der Waals surface area contributed by atoms with E-state index in [1.54, 1.807) is 17.4 Å². The number of methoxy groups -OCH3 is 1. The van der Waals surface area contributed by atoms with Crippen LogP contribution < -0.4 is 0 Å². The predicted octanol–water partition coefficient (Wildman–Crippen LogP) is 4.97. The number of ether oxygens (including phenoxy) is 1. The zero-order valence-electron chi connectivity index (χ0n) is 14.9. The standard InChI is InChI=1S/C19H29NO3S/c1-3-4-7-10-16(21)13-14-18-17(20-15-24-18)11-8-5-6-9-12-19(22)23-2/h13-15H,3-12H2,1-2H3. The summed E-state index contributed by atoms with van der Waals surface area (Å²) in [6, 6.07) is 0. The number of aromatic nitrogens is 1. The van der Waals surface area contributed by atoms with Crippen molar-refractivity contribution in [2.45, 2.75) is 71.1 Å². The fourth-order valence-corrected chi connectivity index (χ4v) is 3.15. The molecule has 0 spiro atoms. The SMILES string of the molecule is CCCCCC(=O)C=Cc1scnc1CCCCCCC(=O)OC. The molecule has 0 aromatic carbocycles. The van der Waals surface area contributed by atoms with E-state index in [1.165, 1.54) is 7.11 Å². The van der Waals surface area contributed by atoms with E-state index >= 15 is 0 Å². The summed E-state index contributed by atoms with van der Waals surface area (Å²) < 4.78 is 4.63. The van der Waals surface area contributed by atoms with Crippen LogP contribution in [0.5, 0.6) is 0 Å². The van der Waals surface area contributed by atoms with Crippen molar-refractivity contribution in [3.63, 3.8) is 0 Å². The average Bonchev–Trinajstić information content (AvgIpc) is 3.03. The molecule has 5 heteroatoms. The van der Waals surface area contributed by atoms with Crippen LogP contribution in [0.3, 0.4) is 0 Å². The molecule has 0 aliphatic carbocycles. The third kappa shape index (κ3) is 8.96. The van der Waals surface area contributed by atoms with Crippen molar-refractivity contribution in [1.82, 2.24) is 4.98 Å². The second-order valence-corrected chi connectivity index (χ2v) is 6.80. The molecule has 1 rings (SSSR count). The number of hydrogen-bond acceptors (Lipinski definition) is 5. The van der Waals surface area contributed by atoms with Crippen LogP contribution in [0.1, 0.15) is 75.3 Å². The first-order valence-electron chi connectivity index (χ1n) is 8.87. The lowest BCUT2D eigenvalue weighted by atomic mass is 10.1. The maximum absolute atomic E-state index is 11.8. The first-order chi connectivity index (χ1) is 11.7. The molecule has 1 aromatic heterocycles. The van der Waals surface area contributed by atoms with Gasteiger partial charge in [-0.2, -0.15) is 0 Å². The molecule has 0 amide bonds. The fourth-order valence-electron chi connectivity index (χ4n) is 2.42. The number of carbonyl (C=O) groups is 2. The summed E-state index contributed by atoms with van der Waals surface area (Å²) in [6.07, 6.45) is 12.9. The van der Waals surface area contributed by atoms with Gasteiger partial charge in [0, 0.05) is 12.8 Å².